The summed E-state index contributed by atoms with van der Waals surface area (Å²) in [5, 5.41) is 13.9. The van der Waals surface area contributed by atoms with Crippen LogP contribution in [0.4, 0.5) is 17.3 Å². The fourth-order valence-electron chi connectivity index (χ4n) is 2.19. The van der Waals surface area contributed by atoms with E-state index in [2.05, 4.69) is 20.8 Å². The Bertz CT molecular complexity index is 818. The topological polar surface area (TPSA) is 76.1 Å². The van der Waals surface area contributed by atoms with Crippen LogP contribution in [0.5, 0.6) is 5.75 Å². The van der Waals surface area contributed by atoms with Gasteiger partial charge in [0.2, 0.25) is 0 Å². The normalized spacial score (nSPS) is 10.1. The minimum Gasteiger partial charge on any atom is -0.494 e. The maximum atomic E-state index is 12.1. The van der Waals surface area contributed by atoms with Crippen molar-refractivity contribution < 1.29 is 9.53 Å². The van der Waals surface area contributed by atoms with Crippen LogP contribution in [0.1, 0.15) is 17.3 Å². The molecule has 1 aromatic heterocycles. The molecule has 6 nitrogen and oxygen atoms in total. The lowest BCUT2D eigenvalue weighted by atomic mass is 10.2. The van der Waals surface area contributed by atoms with Crippen LogP contribution in [0.25, 0.3) is 0 Å². The molecule has 25 heavy (non-hydrogen) atoms. The first-order valence-corrected chi connectivity index (χ1v) is 7.94. The average molecular weight is 334 g/mol. The quantitative estimate of drug-likeness (QED) is 0.715. The van der Waals surface area contributed by atoms with E-state index < -0.39 is 0 Å². The summed E-state index contributed by atoms with van der Waals surface area (Å²) in [5.74, 6) is 1.58. The second kappa shape index (κ2) is 7.92. The molecule has 0 aliphatic rings. The second-order valence-electron chi connectivity index (χ2n) is 5.21. The molecule has 0 bridgehead atoms. The lowest BCUT2D eigenvalue weighted by Gasteiger charge is -2.08. The largest absolute Gasteiger partial charge is 0.494 e. The highest BCUT2D eigenvalue weighted by Gasteiger charge is 2.06. The van der Waals surface area contributed by atoms with Crippen LogP contribution in [0.2, 0.25) is 0 Å². The van der Waals surface area contributed by atoms with E-state index in [1.807, 2.05) is 49.4 Å². The van der Waals surface area contributed by atoms with Crippen LogP contribution >= 0.6 is 0 Å². The Morgan fingerprint density at radius 1 is 0.920 bits per heavy atom. The molecule has 0 aliphatic heterocycles. The number of benzene rings is 2. The molecule has 6 heteroatoms. The fraction of sp³-hybridized carbons (Fsp3) is 0.105. The highest BCUT2D eigenvalue weighted by atomic mass is 16.5. The van der Waals surface area contributed by atoms with Gasteiger partial charge in [-0.25, -0.2) is 0 Å². The van der Waals surface area contributed by atoms with Crippen LogP contribution in [0.3, 0.4) is 0 Å². The SMILES string of the molecule is CCOc1ccc(Nc2ccc(NC(=O)c3ccccc3)nn2)cc1. The summed E-state index contributed by atoms with van der Waals surface area (Å²) in [6.45, 7) is 2.58. The fourth-order valence-corrected chi connectivity index (χ4v) is 2.19. The van der Waals surface area contributed by atoms with Gasteiger partial charge < -0.3 is 15.4 Å². The van der Waals surface area contributed by atoms with Crippen LogP contribution < -0.4 is 15.4 Å². The van der Waals surface area contributed by atoms with E-state index in [1.165, 1.54) is 0 Å². The number of nitrogens with zero attached hydrogens (tertiary/aromatic N) is 2. The van der Waals surface area contributed by atoms with Gasteiger partial charge in [-0.15, -0.1) is 10.2 Å². The molecule has 0 spiro atoms. The Kier molecular flexibility index (Phi) is 5.21. The summed E-state index contributed by atoms with van der Waals surface area (Å²) in [7, 11) is 0. The molecule has 0 unspecified atom stereocenters. The maximum absolute atomic E-state index is 12.1. The Hall–Kier alpha value is -3.41. The number of rotatable bonds is 6. The van der Waals surface area contributed by atoms with Gasteiger partial charge in [0.05, 0.1) is 6.61 Å². The number of amides is 1. The van der Waals surface area contributed by atoms with E-state index in [9.17, 15) is 4.79 Å². The lowest BCUT2D eigenvalue weighted by molar-refractivity contribution is 0.102. The molecular formula is C19H18N4O2. The van der Waals surface area contributed by atoms with Crippen molar-refractivity contribution in [3.05, 3.63) is 72.3 Å². The van der Waals surface area contributed by atoms with Crippen LogP contribution in [-0.2, 0) is 0 Å². The van der Waals surface area contributed by atoms with Crippen molar-refractivity contribution in [1.82, 2.24) is 10.2 Å². The Labute approximate surface area is 145 Å². The Morgan fingerprint density at radius 2 is 1.60 bits per heavy atom. The van der Waals surface area contributed by atoms with Gasteiger partial charge in [0.1, 0.15) is 5.75 Å². The summed E-state index contributed by atoms with van der Waals surface area (Å²) in [6.07, 6.45) is 0. The number of hydrogen-bond donors (Lipinski definition) is 2. The third-order valence-corrected chi connectivity index (χ3v) is 3.38. The molecule has 0 radical (unpaired) electrons. The third kappa shape index (κ3) is 4.54. The maximum Gasteiger partial charge on any atom is 0.256 e. The molecule has 0 aliphatic carbocycles. The predicted molar refractivity (Wildman–Crippen MR) is 97.3 cm³/mol. The van der Waals surface area contributed by atoms with E-state index in [4.69, 9.17) is 4.74 Å². The molecule has 0 saturated carbocycles. The van der Waals surface area contributed by atoms with Crippen molar-refractivity contribution in [2.75, 3.05) is 17.2 Å². The number of nitrogens with one attached hydrogen (secondary N) is 2. The molecule has 0 saturated heterocycles. The summed E-state index contributed by atoms with van der Waals surface area (Å²) in [5.41, 5.74) is 1.44. The smallest absolute Gasteiger partial charge is 0.256 e. The molecule has 2 aromatic carbocycles. The van der Waals surface area contributed by atoms with E-state index in [0.29, 0.717) is 23.8 Å². The van der Waals surface area contributed by atoms with E-state index in [1.54, 1.807) is 24.3 Å². The van der Waals surface area contributed by atoms with Gasteiger partial charge >= 0.3 is 0 Å². The summed E-state index contributed by atoms with van der Waals surface area (Å²) in [6, 6.07) is 20.0. The zero-order valence-corrected chi connectivity index (χ0v) is 13.8. The second-order valence-corrected chi connectivity index (χ2v) is 5.21. The van der Waals surface area contributed by atoms with Crippen LogP contribution in [0, 0.1) is 0 Å². The number of ether oxygens (including phenoxy) is 1. The average Bonchev–Trinajstić information content (AvgIpc) is 2.66. The minimum absolute atomic E-state index is 0.220. The van der Waals surface area contributed by atoms with Gasteiger partial charge in [0.15, 0.2) is 11.6 Å². The molecule has 126 valence electrons. The van der Waals surface area contributed by atoms with Gasteiger partial charge in [0.25, 0.3) is 5.91 Å². The van der Waals surface area contributed by atoms with Gasteiger partial charge in [-0.2, -0.15) is 0 Å². The summed E-state index contributed by atoms with van der Waals surface area (Å²) >= 11 is 0. The molecule has 3 rings (SSSR count). The molecule has 2 N–H and O–H groups in total. The lowest BCUT2D eigenvalue weighted by Crippen LogP contribution is -2.13. The van der Waals surface area contributed by atoms with Crippen molar-refractivity contribution in [1.29, 1.82) is 0 Å². The number of carbonyl (C=O) groups excluding carboxylic acids is 1. The predicted octanol–water partition coefficient (Wildman–Crippen LogP) is 3.87. The highest BCUT2D eigenvalue weighted by molar-refractivity contribution is 6.03. The molecule has 1 heterocycles. The van der Waals surface area contributed by atoms with Gasteiger partial charge in [-0.1, -0.05) is 18.2 Å². The van der Waals surface area contributed by atoms with E-state index >= 15 is 0 Å². The number of aromatic nitrogens is 2. The van der Waals surface area contributed by atoms with Crippen LogP contribution in [-0.4, -0.2) is 22.7 Å². The van der Waals surface area contributed by atoms with Crippen molar-refractivity contribution >= 4 is 23.2 Å². The van der Waals surface area contributed by atoms with E-state index in [-0.39, 0.29) is 5.91 Å². The summed E-state index contributed by atoms with van der Waals surface area (Å²) in [4.78, 5) is 12.1. The molecule has 1 amide bonds. The molecule has 0 fully saturated rings. The highest BCUT2D eigenvalue weighted by Crippen LogP contribution is 2.19. The Morgan fingerprint density at radius 3 is 2.24 bits per heavy atom. The molecular weight excluding hydrogens is 316 g/mol. The monoisotopic (exact) mass is 334 g/mol. The first kappa shape index (κ1) is 16.4. The minimum atomic E-state index is -0.220. The van der Waals surface area contributed by atoms with E-state index in [0.717, 1.165) is 11.4 Å². The van der Waals surface area contributed by atoms with Crippen molar-refractivity contribution in [2.24, 2.45) is 0 Å². The number of anilines is 3. The Balaban J connectivity index is 1.61. The standard InChI is InChI=1S/C19H18N4O2/c1-2-25-16-10-8-15(9-11-16)20-17-12-13-18(23-22-17)21-19(24)14-6-4-3-5-7-14/h3-13H,2H2,1H3,(H,20,22)(H,21,23,24). The zero-order chi connectivity index (χ0) is 17.5. The first-order valence-electron chi connectivity index (χ1n) is 7.94. The van der Waals surface area contributed by atoms with Crippen molar-refractivity contribution in [3.8, 4) is 5.75 Å². The summed E-state index contributed by atoms with van der Waals surface area (Å²) < 4.78 is 5.40. The van der Waals surface area contributed by atoms with Gasteiger partial charge in [-0.05, 0) is 55.5 Å². The van der Waals surface area contributed by atoms with Crippen molar-refractivity contribution in [3.63, 3.8) is 0 Å². The first-order chi connectivity index (χ1) is 12.2. The molecule has 3 aromatic rings. The van der Waals surface area contributed by atoms with Crippen LogP contribution in [0.15, 0.2) is 66.7 Å². The molecule has 0 atom stereocenters. The van der Waals surface area contributed by atoms with Crippen molar-refractivity contribution in [2.45, 2.75) is 6.92 Å². The number of carbonyl (C=O) groups is 1. The van der Waals surface area contributed by atoms with Gasteiger partial charge in [-0.3, -0.25) is 4.79 Å². The number of hydrogen-bond acceptors (Lipinski definition) is 5. The third-order valence-electron chi connectivity index (χ3n) is 3.38. The zero-order valence-electron chi connectivity index (χ0n) is 13.8. The van der Waals surface area contributed by atoms with Gasteiger partial charge in [0, 0.05) is 11.3 Å².